The van der Waals surface area contributed by atoms with Crippen molar-refractivity contribution in [3.63, 3.8) is 0 Å². The van der Waals surface area contributed by atoms with Crippen molar-refractivity contribution in [1.82, 2.24) is 10.4 Å². The van der Waals surface area contributed by atoms with E-state index in [2.05, 4.69) is 21.2 Å². The van der Waals surface area contributed by atoms with E-state index < -0.39 is 6.16 Å². The molecule has 0 atom stereocenters. The molecule has 0 radical (unpaired) electrons. The summed E-state index contributed by atoms with van der Waals surface area (Å²) in [6, 6.07) is 3.21. The highest BCUT2D eigenvalue weighted by Crippen LogP contribution is 2.35. The van der Waals surface area contributed by atoms with Crippen molar-refractivity contribution < 1.29 is 29.0 Å². The van der Waals surface area contributed by atoms with Crippen LogP contribution in [0.3, 0.4) is 0 Å². The van der Waals surface area contributed by atoms with Crippen molar-refractivity contribution in [2.24, 2.45) is 0 Å². The van der Waals surface area contributed by atoms with Crippen LogP contribution in [0.15, 0.2) is 22.7 Å². The molecule has 1 saturated heterocycles. The molecule has 3 N–H and O–H groups in total. The van der Waals surface area contributed by atoms with Gasteiger partial charge < -0.3 is 20.4 Å². The lowest BCUT2D eigenvalue weighted by Crippen LogP contribution is -2.50. The Morgan fingerprint density at radius 3 is 2.46 bits per heavy atom. The van der Waals surface area contributed by atoms with E-state index in [-0.39, 0.29) is 17.3 Å². The number of hydroxylamine groups is 2. The van der Waals surface area contributed by atoms with E-state index in [4.69, 9.17) is 19.8 Å². The number of hydrogen-bond acceptors (Lipinski definition) is 4. The van der Waals surface area contributed by atoms with Gasteiger partial charge in [0.25, 0.3) is 5.91 Å². The Morgan fingerprint density at radius 2 is 1.92 bits per heavy atom. The van der Waals surface area contributed by atoms with E-state index in [1.807, 2.05) is 11.1 Å². The number of amides is 1. The minimum atomic E-state index is -1.83. The number of rotatable bonds is 2. The number of carbonyl (C=O) groups is 2. The number of carbonyl (C=O) groups excluding carboxylic acids is 1. The average Bonchev–Trinajstić information content (AvgIpc) is 2.87. The largest absolute Gasteiger partial charge is 0.503 e. The maximum atomic E-state index is 13.9. The molecule has 1 amide bonds. The molecule has 7 nitrogen and oxygen atoms in total. The molecule has 0 bridgehead atoms. The lowest BCUT2D eigenvalue weighted by molar-refractivity contribution is -0.150. The van der Waals surface area contributed by atoms with Gasteiger partial charge in [-0.1, -0.05) is 15.9 Å². The van der Waals surface area contributed by atoms with E-state index in [1.54, 1.807) is 20.1 Å². The van der Waals surface area contributed by atoms with Crippen molar-refractivity contribution in [3.8, 4) is 0 Å². The molecule has 2 heterocycles. The summed E-state index contributed by atoms with van der Waals surface area (Å²) in [6.45, 7) is 3.21. The first-order valence-corrected chi connectivity index (χ1v) is 8.69. The van der Waals surface area contributed by atoms with Gasteiger partial charge in [0.2, 0.25) is 0 Å². The van der Waals surface area contributed by atoms with Gasteiger partial charge in [0.05, 0.1) is 12.6 Å². The second kappa shape index (κ2) is 8.15. The van der Waals surface area contributed by atoms with Crippen LogP contribution in [0.2, 0.25) is 0 Å². The maximum Gasteiger partial charge on any atom is 0.503 e. The second-order valence-electron chi connectivity index (χ2n) is 6.12. The molecule has 1 fully saturated rings. The molecule has 9 heteroatoms. The molecule has 1 aromatic rings. The van der Waals surface area contributed by atoms with Crippen LogP contribution in [-0.4, -0.2) is 53.1 Å². The third-order valence-electron chi connectivity index (χ3n) is 4.50. The van der Waals surface area contributed by atoms with Crippen molar-refractivity contribution in [2.75, 3.05) is 20.2 Å². The van der Waals surface area contributed by atoms with E-state index in [9.17, 15) is 9.18 Å². The predicted molar refractivity (Wildman–Crippen MR) is 96.2 cm³/mol. The van der Waals surface area contributed by atoms with Crippen LogP contribution in [0.5, 0.6) is 0 Å². The summed E-state index contributed by atoms with van der Waals surface area (Å²) in [7, 11) is 1.65. The topological polar surface area (TPSA) is 99.1 Å². The molecule has 2 aliphatic heterocycles. The smallest absolute Gasteiger partial charge is 0.450 e. The number of halogens is 2. The van der Waals surface area contributed by atoms with Gasteiger partial charge in [-0.05, 0) is 49.1 Å². The standard InChI is InChI=1S/C16H18BrFN2O2.CH2O3/c1-10-12(7-11(17)8-14(10)18)13-9-16(19-15(13)21)3-5-20(22-2)6-4-16;2-1(3)4/h7-9H,3-6H2,1-2H3,(H,19,21);(H2,2,3,4). The Hall–Kier alpha value is -1.97. The van der Waals surface area contributed by atoms with E-state index in [0.29, 0.717) is 21.2 Å². The van der Waals surface area contributed by atoms with Crippen molar-refractivity contribution >= 4 is 33.6 Å². The van der Waals surface area contributed by atoms with Gasteiger partial charge in [-0.25, -0.2) is 9.18 Å². The summed E-state index contributed by atoms with van der Waals surface area (Å²) in [5.41, 5.74) is 1.36. The van der Waals surface area contributed by atoms with Crippen molar-refractivity contribution in [1.29, 1.82) is 0 Å². The third kappa shape index (κ3) is 4.60. The lowest BCUT2D eigenvalue weighted by atomic mass is 9.88. The molecule has 26 heavy (non-hydrogen) atoms. The Kier molecular flexibility index (Phi) is 6.38. The van der Waals surface area contributed by atoms with Gasteiger partial charge in [0, 0.05) is 23.1 Å². The maximum absolute atomic E-state index is 13.9. The zero-order chi connectivity index (χ0) is 19.5. The fourth-order valence-corrected chi connectivity index (χ4v) is 3.56. The van der Waals surface area contributed by atoms with Crippen LogP contribution in [0, 0.1) is 12.7 Å². The first-order valence-electron chi connectivity index (χ1n) is 7.90. The van der Waals surface area contributed by atoms with Crippen LogP contribution >= 0.6 is 15.9 Å². The van der Waals surface area contributed by atoms with E-state index >= 15 is 0 Å². The number of piperidine rings is 1. The average molecular weight is 431 g/mol. The Balaban J connectivity index is 0.000000552. The first kappa shape index (κ1) is 20.3. The van der Waals surface area contributed by atoms with Crippen LogP contribution < -0.4 is 5.32 Å². The van der Waals surface area contributed by atoms with Crippen LogP contribution in [0.4, 0.5) is 9.18 Å². The summed E-state index contributed by atoms with van der Waals surface area (Å²) in [5, 5.41) is 18.9. The monoisotopic (exact) mass is 430 g/mol. The van der Waals surface area contributed by atoms with Crippen LogP contribution in [0.1, 0.15) is 24.0 Å². The molecule has 0 saturated carbocycles. The third-order valence-corrected chi connectivity index (χ3v) is 4.96. The quantitative estimate of drug-likeness (QED) is 0.666. The first-order chi connectivity index (χ1) is 12.2. The highest BCUT2D eigenvalue weighted by atomic mass is 79.9. The zero-order valence-corrected chi connectivity index (χ0v) is 16.0. The minimum Gasteiger partial charge on any atom is -0.450 e. The highest BCUT2D eigenvalue weighted by molar-refractivity contribution is 9.10. The highest BCUT2D eigenvalue weighted by Gasteiger charge is 2.40. The molecule has 3 rings (SSSR count). The Labute approximate surface area is 158 Å². The molecule has 142 valence electrons. The summed E-state index contributed by atoms with van der Waals surface area (Å²) < 4.78 is 14.6. The zero-order valence-electron chi connectivity index (χ0n) is 14.4. The minimum absolute atomic E-state index is 0.133. The molecule has 1 spiro atoms. The fourth-order valence-electron chi connectivity index (χ4n) is 3.13. The molecule has 2 aliphatic rings. The number of nitrogens with zero attached hydrogens (tertiary/aromatic N) is 1. The van der Waals surface area contributed by atoms with Crippen LogP contribution in [-0.2, 0) is 9.63 Å². The molecular formula is C17H20BrFN2O5. The lowest BCUT2D eigenvalue weighted by Gasteiger charge is -2.36. The Morgan fingerprint density at radius 1 is 1.35 bits per heavy atom. The predicted octanol–water partition coefficient (Wildman–Crippen LogP) is 3.03. The summed E-state index contributed by atoms with van der Waals surface area (Å²) >= 11 is 3.30. The molecule has 0 aromatic heterocycles. The van der Waals surface area contributed by atoms with Gasteiger partial charge in [-0.3, -0.25) is 4.79 Å². The molecule has 1 aromatic carbocycles. The second-order valence-corrected chi connectivity index (χ2v) is 7.04. The summed E-state index contributed by atoms with van der Waals surface area (Å²) in [4.78, 5) is 26.2. The number of hydrogen-bond donors (Lipinski definition) is 3. The number of benzene rings is 1. The SMILES string of the molecule is CON1CCC2(C=C(c3cc(Br)cc(F)c3C)C(=O)N2)CC1.O=C(O)O. The van der Waals surface area contributed by atoms with E-state index in [0.717, 1.165) is 25.9 Å². The van der Waals surface area contributed by atoms with Gasteiger partial charge in [0.1, 0.15) is 5.82 Å². The van der Waals surface area contributed by atoms with Gasteiger partial charge in [-0.15, -0.1) is 0 Å². The molecule has 0 aliphatic carbocycles. The summed E-state index contributed by atoms with van der Waals surface area (Å²) in [6.07, 6.45) is 1.70. The molecule has 0 unspecified atom stereocenters. The van der Waals surface area contributed by atoms with Gasteiger partial charge in [-0.2, -0.15) is 5.06 Å². The number of carboxylic acid groups (broad SMARTS) is 2. The Bertz CT molecular complexity index is 741. The van der Waals surface area contributed by atoms with Gasteiger partial charge >= 0.3 is 6.16 Å². The molecular weight excluding hydrogens is 411 g/mol. The van der Waals surface area contributed by atoms with Gasteiger partial charge in [0.15, 0.2) is 0 Å². The van der Waals surface area contributed by atoms with Crippen molar-refractivity contribution in [2.45, 2.75) is 25.3 Å². The summed E-state index contributed by atoms with van der Waals surface area (Å²) in [5.74, 6) is -0.445. The number of nitrogens with one attached hydrogen (secondary N) is 1. The fraction of sp³-hybridized carbons (Fsp3) is 0.412. The van der Waals surface area contributed by atoms with Crippen LogP contribution in [0.25, 0.3) is 5.57 Å². The van der Waals surface area contributed by atoms with E-state index in [1.165, 1.54) is 6.07 Å². The normalized spacial score (nSPS) is 18.8. The van der Waals surface area contributed by atoms with Crippen molar-refractivity contribution in [3.05, 3.63) is 39.6 Å².